The summed E-state index contributed by atoms with van der Waals surface area (Å²) in [5, 5.41) is 0. The minimum Gasteiger partial charge on any atom is -0.100 e. The summed E-state index contributed by atoms with van der Waals surface area (Å²) >= 11 is 0. The van der Waals surface area contributed by atoms with E-state index in [1.165, 1.54) is 5.56 Å². The van der Waals surface area contributed by atoms with Gasteiger partial charge in [-0.05, 0) is 25.3 Å². The lowest BCUT2D eigenvalue weighted by atomic mass is 9.73. The predicted molar refractivity (Wildman–Crippen MR) is 70.4 cm³/mol. The molecule has 0 heterocycles. The number of hydrogen-bond acceptors (Lipinski definition) is 0. The third-order valence-electron chi connectivity index (χ3n) is 2.97. The highest BCUT2D eigenvalue weighted by molar-refractivity contribution is 5.40. The topological polar surface area (TPSA) is 0 Å². The van der Waals surface area contributed by atoms with Crippen molar-refractivity contribution >= 4 is 0 Å². The molecule has 0 heteroatoms. The van der Waals surface area contributed by atoms with Crippen LogP contribution in [0.5, 0.6) is 0 Å². The lowest BCUT2D eigenvalue weighted by Crippen LogP contribution is -2.22. The second-order valence-electron chi connectivity index (χ2n) is 4.40. The summed E-state index contributed by atoms with van der Waals surface area (Å²) in [6, 6.07) is 10.3. The van der Waals surface area contributed by atoms with E-state index in [0.29, 0.717) is 6.42 Å². The average Bonchev–Trinajstić information content (AvgIpc) is 2.40. The van der Waals surface area contributed by atoms with E-state index in [1.54, 1.807) is 0 Å². The van der Waals surface area contributed by atoms with Crippen LogP contribution < -0.4 is 0 Å². The van der Waals surface area contributed by atoms with Crippen molar-refractivity contribution in [2.24, 2.45) is 0 Å². The minimum atomic E-state index is -0.184. The van der Waals surface area contributed by atoms with E-state index >= 15 is 0 Å². The van der Waals surface area contributed by atoms with Crippen molar-refractivity contribution in [2.75, 3.05) is 0 Å². The first-order chi connectivity index (χ1) is 8.64. The van der Waals surface area contributed by atoms with Gasteiger partial charge >= 0.3 is 0 Å². The van der Waals surface area contributed by atoms with E-state index in [4.69, 9.17) is 2.74 Å². The van der Waals surface area contributed by atoms with Crippen molar-refractivity contribution in [2.45, 2.75) is 25.2 Å². The van der Waals surface area contributed by atoms with Crippen molar-refractivity contribution in [1.82, 2.24) is 0 Å². The first kappa shape index (κ1) is 8.58. The second kappa shape index (κ2) is 4.52. The molecule has 16 heavy (non-hydrogen) atoms. The maximum Gasteiger partial charge on any atom is 0.0537 e. The first-order valence-corrected chi connectivity index (χ1v) is 5.68. The summed E-state index contributed by atoms with van der Waals surface area (Å²) in [5.41, 5.74) is 1.85. The van der Waals surface area contributed by atoms with Crippen molar-refractivity contribution in [3.63, 3.8) is 0 Å². The van der Waals surface area contributed by atoms with Crippen LogP contribution in [0, 0.1) is 0 Å². The lowest BCUT2D eigenvalue weighted by molar-refractivity contribution is 0.650. The van der Waals surface area contributed by atoms with Gasteiger partial charge in [-0.1, -0.05) is 60.2 Å². The summed E-state index contributed by atoms with van der Waals surface area (Å²) in [5.74, 6) is 0. The molecule has 0 unspecified atom stereocenters. The molecule has 0 fully saturated rings. The molecule has 82 valence electrons. The summed E-state index contributed by atoms with van der Waals surface area (Å²) in [6.45, 7) is 1.80. The Morgan fingerprint density at radius 1 is 1.31 bits per heavy atom. The highest BCUT2D eigenvalue weighted by Crippen LogP contribution is 2.36. The van der Waals surface area contributed by atoms with E-state index in [1.807, 2.05) is 25.1 Å². The summed E-state index contributed by atoms with van der Waals surface area (Å²) in [6.07, 6.45) is 10.4. The summed E-state index contributed by atoms with van der Waals surface area (Å²) < 4.78 is 14.9. The fraction of sp³-hybridized carbons (Fsp3) is 0.250. The zero-order valence-corrected chi connectivity index (χ0v) is 9.61. The third kappa shape index (κ3) is 2.16. The number of rotatable bonds is 3. The van der Waals surface area contributed by atoms with Gasteiger partial charge in [0.1, 0.15) is 0 Å². The van der Waals surface area contributed by atoms with Crippen LogP contribution in [0.25, 0.3) is 0 Å². The smallest absolute Gasteiger partial charge is 0.0537 e. The van der Waals surface area contributed by atoms with Gasteiger partial charge in [-0.2, -0.15) is 0 Å². The molecule has 0 atom stereocenters. The minimum absolute atomic E-state index is 0.0716. The van der Waals surface area contributed by atoms with Crippen LogP contribution in [0.4, 0.5) is 0 Å². The highest BCUT2D eigenvalue weighted by Gasteiger charge is 2.27. The maximum atomic E-state index is 7.45. The van der Waals surface area contributed by atoms with Gasteiger partial charge in [-0.3, -0.25) is 0 Å². The molecular formula is C16H18. The quantitative estimate of drug-likeness (QED) is 0.651. The van der Waals surface area contributed by atoms with E-state index in [-0.39, 0.29) is 11.9 Å². The molecule has 0 N–H and O–H groups in total. The zero-order valence-electron chi connectivity index (χ0n) is 11.6. The molecule has 0 amide bonds. The molecule has 0 saturated carbocycles. The van der Waals surface area contributed by atoms with Crippen LogP contribution in [-0.2, 0) is 5.41 Å². The fourth-order valence-corrected chi connectivity index (χ4v) is 2.29. The normalized spacial score (nSPS) is 18.8. The van der Waals surface area contributed by atoms with Gasteiger partial charge in [0.25, 0.3) is 0 Å². The number of hydrogen-bond donors (Lipinski definition) is 0. The summed E-state index contributed by atoms with van der Waals surface area (Å²) in [4.78, 5) is 0. The van der Waals surface area contributed by atoms with Crippen LogP contribution in [0.1, 0.15) is 28.1 Å². The van der Waals surface area contributed by atoms with Gasteiger partial charge in [-0.25, -0.2) is 0 Å². The summed E-state index contributed by atoms with van der Waals surface area (Å²) in [7, 11) is 0. The van der Waals surface area contributed by atoms with Crippen molar-refractivity contribution in [3.8, 4) is 0 Å². The molecule has 1 aliphatic rings. The molecule has 0 aliphatic heterocycles. The standard InChI is InChI=1S/C16H18/c1-14(2)13-16(11-7-4-8-12-16)15-9-5-3-6-10-15/h3,5-12H,1,4,13H2,2H3/i1D2. The molecule has 0 nitrogen and oxygen atoms in total. The van der Waals surface area contributed by atoms with Crippen LogP contribution in [0.2, 0.25) is 0 Å². The Labute approximate surface area is 101 Å². The molecule has 1 aliphatic carbocycles. The highest BCUT2D eigenvalue weighted by atomic mass is 14.3. The first-order valence-electron chi connectivity index (χ1n) is 6.68. The van der Waals surface area contributed by atoms with Crippen molar-refractivity contribution < 1.29 is 2.74 Å². The van der Waals surface area contributed by atoms with Gasteiger partial charge in [0.2, 0.25) is 0 Å². The van der Waals surface area contributed by atoms with E-state index < -0.39 is 0 Å². The monoisotopic (exact) mass is 212 g/mol. The zero-order chi connectivity index (χ0) is 13.0. The van der Waals surface area contributed by atoms with Gasteiger partial charge in [0.05, 0.1) is 2.74 Å². The van der Waals surface area contributed by atoms with Crippen LogP contribution in [0.15, 0.2) is 66.7 Å². The third-order valence-corrected chi connectivity index (χ3v) is 2.97. The Morgan fingerprint density at radius 3 is 2.62 bits per heavy atom. The molecule has 2 rings (SSSR count). The van der Waals surface area contributed by atoms with Crippen molar-refractivity contribution in [1.29, 1.82) is 0 Å². The molecule has 0 bridgehead atoms. The Morgan fingerprint density at radius 2 is 2.00 bits per heavy atom. The Hall–Kier alpha value is -1.56. The van der Waals surface area contributed by atoms with E-state index in [9.17, 15) is 0 Å². The van der Waals surface area contributed by atoms with Crippen LogP contribution in [0.3, 0.4) is 0 Å². The molecular weight excluding hydrogens is 192 g/mol. The molecule has 0 radical (unpaired) electrons. The van der Waals surface area contributed by atoms with Gasteiger partial charge in [-0.15, -0.1) is 6.53 Å². The SMILES string of the molecule is [2H]C([2H])=C(C)CC1(c2ccccc2)C=CCC=C1. The van der Waals surface area contributed by atoms with E-state index in [2.05, 4.69) is 36.4 Å². The number of benzene rings is 1. The lowest BCUT2D eigenvalue weighted by Gasteiger charge is -2.30. The largest absolute Gasteiger partial charge is 0.100 e. The van der Waals surface area contributed by atoms with Gasteiger partial charge in [0, 0.05) is 5.41 Å². The van der Waals surface area contributed by atoms with E-state index in [0.717, 1.165) is 12.0 Å². The van der Waals surface area contributed by atoms with Gasteiger partial charge < -0.3 is 0 Å². The van der Waals surface area contributed by atoms with Crippen LogP contribution >= 0.6 is 0 Å². The predicted octanol–water partition coefficient (Wildman–Crippen LogP) is 4.41. The Kier molecular flexibility index (Phi) is 2.43. The molecule has 1 aromatic carbocycles. The molecule has 1 aromatic rings. The molecule has 0 saturated heterocycles. The average molecular weight is 212 g/mol. The Bertz CT molecular complexity index is 479. The number of allylic oxidation sites excluding steroid dienone is 5. The molecule has 0 spiro atoms. The fourth-order valence-electron chi connectivity index (χ4n) is 2.29. The Balaban J connectivity index is 2.42. The molecule has 0 aromatic heterocycles. The van der Waals surface area contributed by atoms with Crippen LogP contribution in [-0.4, -0.2) is 0 Å². The van der Waals surface area contributed by atoms with Gasteiger partial charge in [0.15, 0.2) is 0 Å². The van der Waals surface area contributed by atoms with Crippen molar-refractivity contribution in [3.05, 3.63) is 72.3 Å². The maximum absolute atomic E-state index is 7.45. The second-order valence-corrected chi connectivity index (χ2v) is 4.40.